The van der Waals surface area contributed by atoms with Gasteiger partial charge in [-0.2, -0.15) is 9.78 Å². The standard InChI is InChI=1S/C17H12Cl2N8O2S/c1-8(9-4-5-10(18)11(19)7-9)21-23-17(28)13-14(12-3-2-6-30-12)27(26-22-13)16-15(20)24-29-25-16/h2-7H,1H3,(H2,20,24)(H,23,28)/b21-8-. The number of nitrogens with zero attached hydrogens (tertiary/aromatic N) is 6. The van der Waals surface area contributed by atoms with Crippen LogP contribution in [0.3, 0.4) is 0 Å². The fourth-order valence-electron chi connectivity index (χ4n) is 2.53. The van der Waals surface area contributed by atoms with Gasteiger partial charge in [0.25, 0.3) is 5.91 Å². The lowest BCUT2D eigenvalue weighted by Crippen LogP contribution is -2.20. The van der Waals surface area contributed by atoms with Gasteiger partial charge in [0.15, 0.2) is 5.69 Å². The quantitative estimate of drug-likeness (QED) is 0.342. The van der Waals surface area contributed by atoms with E-state index in [0.717, 1.165) is 4.88 Å². The summed E-state index contributed by atoms with van der Waals surface area (Å²) < 4.78 is 5.93. The average molecular weight is 463 g/mol. The topological polar surface area (TPSA) is 137 Å². The number of thiophene rings is 1. The van der Waals surface area contributed by atoms with E-state index in [9.17, 15) is 4.79 Å². The number of carbonyl (C=O) groups excluding carboxylic acids is 1. The zero-order valence-corrected chi connectivity index (χ0v) is 17.5. The minimum absolute atomic E-state index is 0.0122. The van der Waals surface area contributed by atoms with Crippen molar-refractivity contribution in [3.8, 4) is 16.4 Å². The summed E-state index contributed by atoms with van der Waals surface area (Å²) in [5, 5.41) is 22.0. The SMILES string of the molecule is C/C(=N/NC(=O)c1nnn(-c2nonc2N)c1-c1cccs1)c1ccc(Cl)c(Cl)c1. The van der Waals surface area contributed by atoms with E-state index >= 15 is 0 Å². The number of nitrogens with two attached hydrogens (primary N) is 1. The first-order valence-electron chi connectivity index (χ1n) is 8.33. The van der Waals surface area contributed by atoms with Crippen molar-refractivity contribution >= 4 is 52.0 Å². The molecule has 4 rings (SSSR count). The van der Waals surface area contributed by atoms with Crippen LogP contribution in [0.1, 0.15) is 23.0 Å². The van der Waals surface area contributed by atoms with Crippen molar-refractivity contribution in [2.45, 2.75) is 6.92 Å². The molecular formula is C17H12Cl2N8O2S. The molecule has 13 heteroatoms. The second-order valence-electron chi connectivity index (χ2n) is 5.92. The van der Waals surface area contributed by atoms with Gasteiger partial charge in [-0.3, -0.25) is 4.79 Å². The van der Waals surface area contributed by atoms with Crippen LogP contribution in [0.2, 0.25) is 10.0 Å². The van der Waals surface area contributed by atoms with Crippen LogP contribution in [0.5, 0.6) is 0 Å². The number of nitrogen functional groups attached to an aromatic ring is 1. The Balaban J connectivity index is 1.67. The molecule has 0 aliphatic carbocycles. The largest absolute Gasteiger partial charge is 0.378 e. The number of carbonyl (C=O) groups is 1. The van der Waals surface area contributed by atoms with Crippen molar-refractivity contribution in [2.75, 3.05) is 5.73 Å². The van der Waals surface area contributed by atoms with Gasteiger partial charge in [-0.15, -0.1) is 16.4 Å². The van der Waals surface area contributed by atoms with Gasteiger partial charge in [0, 0.05) is 0 Å². The summed E-state index contributed by atoms with van der Waals surface area (Å²) in [6.45, 7) is 1.72. The van der Waals surface area contributed by atoms with E-state index in [1.807, 2.05) is 17.5 Å². The summed E-state index contributed by atoms with van der Waals surface area (Å²) in [6.07, 6.45) is 0. The molecule has 0 saturated carbocycles. The summed E-state index contributed by atoms with van der Waals surface area (Å²) >= 11 is 13.4. The Hall–Kier alpha value is -3.28. The number of hydrogen-bond acceptors (Lipinski definition) is 9. The number of nitrogens with one attached hydrogen (secondary N) is 1. The molecule has 0 atom stereocenters. The fraction of sp³-hybridized carbons (Fsp3) is 0.0588. The number of halogens is 2. The van der Waals surface area contributed by atoms with Crippen molar-refractivity contribution < 1.29 is 9.42 Å². The van der Waals surface area contributed by atoms with E-state index < -0.39 is 5.91 Å². The van der Waals surface area contributed by atoms with Crippen LogP contribution in [0.4, 0.5) is 5.82 Å². The maximum atomic E-state index is 12.8. The van der Waals surface area contributed by atoms with Gasteiger partial charge in [-0.25, -0.2) is 10.1 Å². The highest BCUT2D eigenvalue weighted by atomic mass is 35.5. The third kappa shape index (κ3) is 3.77. The smallest absolute Gasteiger partial charge is 0.294 e. The first kappa shape index (κ1) is 20.0. The summed E-state index contributed by atoms with van der Waals surface area (Å²) in [6, 6.07) is 8.69. The molecule has 0 spiro atoms. The Morgan fingerprint density at radius 1 is 1.27 bits per heavy atom. The van der Waals surface area contributed by atoms with E-state index in [-0.39, 0.29) is 17.3 Å². The molecule has 0 aliphatic rings. The fourth-order valence-corrected chi connectivity index (χ4v) is 3.58. The molecule has 3 aromatic heterocycles. The predicted octanol–water partition coefficient (Wildman–Crippen LogP) is 3.42. The van der Waals surface area contributed by atoms with Crippen LogP contribution in [0, 0.1) is 0 Å². The molecule has 152 valence electrons. The Kier molecular flexibility index (Phi) is 5.48. The summed E-state index contributed by atoms with van der Waals surface area (Å²) in [5.74, 6) is -0.433. The van der Waals surface area contributed by atoms with Crippen molar-refractivity contribution in [3.05, 3.63) is 57.0 Å². The summed E-state index contributed by atoms with van der Waals surface area (Å²) in [4.78, 5) is 13.5. The number of amides is 1. The first-order valence-corrected chi connectivity index (χ1v) is 9.97. The highest BCUT2D eigenvalue weighted by Crippen LogP contribution is 2.30. The number of rotatable bonds is 5. The molecule has 1 amide bonds. The summed E-state index contributed by atoms with van der Waals surface area (Å²) in [7, 11) is 0. The molecule has 0 fully saturated rings. The zero-order valence-electron chi connectivity index (χ0n) is 15.2. The number of aromatic nitrogens is 5. The molecule has 3 N–H and O–H groups in total. The first-order chi connectivity index (χ1) is 14.5. The van der Waals surface area contributed by atoms with Gasteiger partial charge in [-0.05, 0) is 46.4 Å². The van der Waals surface area contributed by atoms with Gasteiger partial charge in [-0.1, -0.05) is 40.5 Å². The highest BCUT2D eigenvalue weighted by Gasteiger charge is 2.25. The van der Waals surface area contributed by atoms with Gasteiger partial charge < -0.3 is 5.73 Å². The minimum Gasteiger partial charge on any atom is -0.378 e. The van der Waals surface area contributed by atoms with E-state index in [2.05, 4.69) is 35.8 Å². The van der Waals surface area contributed by atoms with E-state index in [0.29, 0.717) is 27.0 Å². The molecular weight excluding hydrogens is 451 g/mol. The Bertz CT molecular complexity index is 1250. The van der Waals surface area contributed by atoms with Crippen molar-refractivity contribution in [3.63, 3.8) is 0 Å². The molecule has 0 bridgehead atoms. The molecule has 4 aromatic rings. The molecule has 0 aliphatic heterocycles. The van der Waals surface area contributed by atoms with Gasteiger partial charge in [0.1, 0.15) is 5.69 Å². The lowest BCUT2D eigenvalue weighted by Gasteiger charge is -2.05. The Labute approximate surface area is 183 Å². The van der Waals surface area contributed by atoms with E-state index in [1.54, 1.807) is 25.1 Å². The van der Waals surface area contributed by atoms with Gasteiger partial charge in [0.05, 0.1) is 20.6 Å². The normalized spacial score (nSPS) is 11.6. The number of benzene rings is 1. The Morgan fingerprint density at radius 3 is 2.77 bits per heavy atom. The minimum atomic E-state index is -0.570. The second kappa shape index (κ2) is 8.22. The van der Waals surface area contributed by atoms with Crippen LogP contribution in [-0.2, 0) is 0 Å². The maximum absolute atomic E-state index is 12.8. The number of hydrazone groups is 1. The second-order valence-corrected chi connectivity index (χ2v) is 7.68. The highest BCUT2D eigenvalue weighted by molar-refractivity contribution is 7.13. The van der Waals surface area contributed by atoms with Crippen LogP contribution in [-0.4, -0.2) is 36.9 Å². The van der Waals surface area contributed by atoms with Crippen molar-refractivity contribution in [2.24, 2.45) is 5.10 Å². The van der Waals surface area contributed by atoms with Crippen LogP contribution >= 0.6 is 34.5 Å². The lowest BCUT2D eigenvalue weighted by molar-refractivity contribution is 0.0950. The van der Waals surface area contributed by atoms with Crippen molar-refractivity contribution in [1.82, 2.24) is 30.7 Å². The Morgan fingerprint density at radius 2 is 2.10 bits per heavy atom. The summed E-state index contributed by atoms with van der Waals surface area (Å²) in [5.41, 5.74) is 9.89. The van der Waals surface area contributed by atoms with Gasteiger partial charge >= 0.3 is 0 Å². The maximum Gasteiger partial charge on any atom is 0.294 e. The molecule has 30 heavy (non-hydrogen) atoms. The zero-order chi connectivity index (χ0) is 21.3. The molecule has 0 unspecified atom stereocenters. The molecule has 0 radical (unpaired) electrons. The number of hydrogen-bond donors (Lipinski definition) is 2. The molecule has 3 heterocycles. The third-order valence-corrected chi connectivity index (χ3v) is 5.61. The molecule has 1 aromatic carbocycles. The van der Waals surface area contributed by atoms with Crippen LogP contribution in [0.25, 0.3) is 16.4 Å². The van der Waals surface area contributed by atoms with Crippen LogP contribution < -0.4 is 11.2 Å². The molecule has 10 nitrogen and oxygen atoms in total. The van der Waals surface area contributed by atoms with Gasteiger partial charge in [0.2, 0.25) is 11.6 Å². The van der Waals surface area contributed by atoms with E-state index in [1.165, 1.54) is 16.0 Å². The lowest BCUT2D eigenvalue weighted by atomic mass is 10.1. The van der Waals surface area contributed by atoms with Crippen LogP contribution in [0.15, 0.2) is 45.4 Å². The monoisotopic (exact) mass is 462 g/mol. The third-order valence-electron chi connectivity index (χ3n) is 4.00. The van der Waals surface area contributed by atoms with E-state index in [4.69, 9.17) is 28.9 Å². The number of anilines is 1. The molecule has 0 saturated heterocycles. The van der Waals surface area contributed by atoms with Crippen molar-refractivity contribution in [1.29, 1.82) is 0 Å². The predicted molar refractivity (Wildman–Crippen MR) is 113 cm³/mol. The average Bonchev–Trinajstić information content (AvgIpc) is 3.47.